The molecule has 0 aliphatic carbocycles. The minimum atomic E-state index is -3.31. The molecule has 5 nitrogen and oxygen atoms in total. The van der Waals surface area contributed by atoms with Gasteiger partial charge in [-0.1, -0.05) is 35.9 Å². The third kappa shape index (κ3) is 3.54. The average Bonchev–Trinajstić information content (AvgIpc) is 2.95. The number of halogens is 2. The number of fused-ring (bicyclic) bond motifs is 1. The van der Waals surface area contributed by atoms with Crippen LogP contribution in [0, 0.1) is 12.7 Å². The molecule has 2 aromatic rings. The summed E-state index contributed by atoms with van der Waals surface area (Å²) in [6.07, 6.45) is 0. The average molecular weight is 423 g/mol. The van der Waals surface area contributed by atoms with Crippen molar-refractivity contribution in [2.24, 2.45) is 0 Å². The maximum atomic E-state index is 14.1. The summed E-state index contributed by atoms with van der Waals surface area (Å²) in [6, 6.07) is 10.7. The fourth-order valence-corrected chi connectivity index (χ4v) is 6.20. The highest BCUT2D eigenvalue weighted by atomic mass is 35.5. The SMILES string of the molecule is Cc1ccc(N2C(=O)CN(Cc3ccccc3F)C3CS(=O)(=O)CC32)cc1Cl. The number of piperazine rings is 1. The number of hydrogen-bond donors (Lipinski definition) is 0. The first-order valence-electron chi connectivity index (χ1n) is 9.01. The van der Waals surface area contributed by atoms with E-state index < -0.39 is 15.9 Å². The molecule has 1 amide bonds. The van der Waals surface area contributed by atoms with Crippen LogP contribution in [0.3, 0.4) is 0 Å². The maximum Gasteiger partial charge on any atom is 0.241 e. The van der Waals surface area contributed by atoms with Crippen LogP contribution in [0.5, 0.6) is 0 Å². The number of carbonyl (C=O) groups is 1. The minimum absolute atomic E-state index is 0.0243. The molecular weight excluding hydrogens is 403 g/mol. The largest absolute Gasteiger partial charge is 0.306 e. The van der Waals surface area contributed by atoms with Gasteiger partial charge in [0, 0.05) is 28.9 Å². The Morgan fingerprint density at radius 3 is 2.57 bits per heavy atom. The first-order valence-corrected chi connectivity index (χ1v) is 11.2. The Bertz CT molecular complexity index is 1040. The van der Waals surface area contributed by atoms with Gasteiger partial charge in [0.25, 0.3) is 0 Å². The van der Waals surface area contributed by atoms with Crippen molar-refractivity contribution in [3.8, 4) is 0 Å². The van der Waals surface area contributed by atoms with E-state index in [9.17, 15) is 17.6 Å². The van der Waals surface area contributed by atoms with Crippen molar-refractivity contribution in [1.29, 1.82) is 0 Å². The molecule has 2 aliphatic rings. The number of benzene rings is 2. The molecule has 0 N–H and O–H groups in total. The molecule has 4 rings (SSSR count). The Morgan fingerprint density at radius 1 is 1.14 bits per heavy atom. The molecule has 2 aromatic carbocycles. The van der Waals surface area contributed by atoms with Crippen LogP contribution in [0.2, 0.25) is 5.02 Å². The monoisotopic (exact) mass is 422 g/mol. The molecule has 148 valence electrons. The first kappa shape index (κ1) is 19.4. The number of amides is 1. The van der Waals surface area contributed by atoms with E-state index >= 15 is 0 Å². The summed E-state index contributed by atoms with van der Waals surface area (Å²) in [5, 5.41) is 0.525. The number of carbonyl (C=O) groups excluding carboxylic acids is 1. The van der Waals surface area contributed by atoms with E-state index in [0.717, 1.165) is 5.56 Å². The van der Waals surface area contributed by atoms with Crippen molar-refractivity contribution in [2.75, 3.05) is 23.0 Å². The van der Waals surface area contributed by atoms with Gasteiger partial charge in [-0.25, -0.2) is 12.8 Å². The fraction of sp³-hybridized carbons (Fsp3) is 0.350. The van der Waals surface area contributed by atoms with Crippen LogP contribution >= 0.6 is 11.6 Å². The number of rotatable bonds is 3. The molecule has 2 saturated heterocycles. The van der Waals surface area contributed by atoms with Gasteiger partial charge in [0.1, 0.15) is 5.82 Å². The third-order valence-corrected chi connectivity index (χ3v) is 7.57. The lowest BCUT2D eigenvalue weighted by molar-refractivity contribution is -0.123. The topological polar surface area (TPSA) is 57.7 Å². The van der Waals surface area contributed by atoms with Gasteiger partial charge in [-0.05, 0) is 30.7 Å². The predicted octanol–water partition coefficient (Wildman–Crippen LogP) is 2.80. The quantitative estimate of drug-likeness (QED) is 0.763. The normalized spacial score (nSPS) is 24.4. The fourth-order valence-electron chi connectivity index (χ4n) is 4.04. The van der Waals surface area contributed by atoms with E-state index in [-0.39, 0.29) is 42.4 Å². The molecule has 0 spiro atoms. The molecule has 2 fully saturated rings. The smallest absolute Gasteiger partial charge is 0.241 e. The molecule has 2 unspecified atom stereocenters. The van der Waals surface area contributed by atoms with Crippen molar-refractivity contribution in [1.82, 2.24) is 4.90 Å². The van der Waals surface area contributed by atoms with Crippen LogP contribution in [0.15, 0.2) is 42.5 Å². The van der Waals surface area contributed by atoms with E-state index in [1.54, 1.807) is 40.1 Å². The summed E-state index contributed by atoms with van der Waals surface area (Å²) in [4.78, 5) is 16.3. The van der Waals surface area contributed by atoms with E-state index in [4.69, 9.17) is 11.6 Å². The lowest BCUT2D eigenvalue weighted by atomic mass is 10.0. The third-order valence-electron chi connectivity index (χ3n) is 5.47. The highest BCUT2D eigenvalue weighted by Gasteiger charge is 2.49. The van der Waals surface area contributed by atoms with E-state index in [1.807, 2.05) is 13.0 Å². The van der Waals surface area contributed by atoms with Crippen LogP contribution in [0.4, 0.5) is 10.1 Å². The maximum absolute atomic E-state index is 14.1. The van der Waals surface area contributed by atoms with E-state index in [1.165, 1.54) is 6.07 Å². The van der Waals surface area contributed by atoms with Crippen molar-refractivity contribution >= 4 is 33.0 Å². The van der Waals surface area contributed by atoms with Crippen molar-refractivity contribution in [2.45, 2.75) is 25.6 Å². The molecule has 2 aliphatic heterocycles. The van der Waals surface area contributed by atoms with E-state index in [0.29, 0.717) is 16.3 Å². The summed E-state index contributed by atoms with van der Waals surface area (Å²) in [6.45, 7) is 2.08. The Morgan fingerprint density at radius 2 is 1.86 bits per heavy atom. The molecule has 2 heterocycles. The molecule has 2 atom stereocenters. The Balaban J connectivity index is 1.69. The van der Waals surface area contributed by atoms with Gasteiger partial charge in [-0.2, -0.15) is 0 Å². The zero-order valence-electron chi connectivity index (χ0n) is 15.3. The molecule has 0 aromatic heterocycles. The molecular formula is C20H20ClFN2O3S. The summed E-state index contributed by atoms with van der Waals surface area (Å²) < 4.78 is 38.9. The number of aryl methyl sites for hydroxylation is 1. The summed E-state index contributed by atoms with van der Waals surface area (Å²) in [7, 11) is -3.31. The Hall–Kier alpha value is -1.96. The zero-order chi connectivity index (χ0) is 20.1. The van der Waals surface area contributed by atoms with Gasteiger partial charge >= 0.3 is 0 Å². The number of anilines is 1. The van der Waals surface area contributed by atoms with Crippen LogP contribution in [-0.2, 0) is 21.2 Å². The van der Waals surface area contributed by atoms with Gasteiger partial charge in [0.15, 0.2) is 9.84 Å². The van der Waals surface area contributed by atoms with Crippen LogP contribution < -0.4 is 4.90 Å². The zero-order valence-corrected chi connectivity index (χ0v) is 16.9. The highest BCUT2D eigenvalue weighted by Crippen LogP contribution is 2.34. The number of nitrogens with zero attached hydrogens (tertiary/aromatic N) is 2. The Labute approximate surface area is 168 Å². The summed E-state index contributed by atoms with van der Waals surface area (Å²) >= 11 is 6.22. The number of sulfone groups is 1. The van der Waals surface area contributed by atoms with E-state index in [2.05, 4.69) is 0 Å². The first-order chi connectivity index (χ1) is 13.2. The van der Waals surface area contributed by atoms with Crippen molar-refractivity contribution in [3.05, 3.63) is 64.4 Å². The number of hydrogen-bond acceptors (Lipinski definition) is 4. The van der Waals surface area contributed by atoms with Crippen LogP contribution in [-0.4, -0.2) is 49.4 Å². The molecule has 0 bridgehead atoms. The lowest BCUT2D eigenvalue weighted by Gasteiger charge is -2.43. The van der Waals surface area contributed by atoms with Gasteiger partial charge in [0.05, 0.1) is 24.1 Å². The van der Waals surface area contributed by atoms with Gasteiger partial charge in [0.2, 0.25) is 5.91 Å². The molecule has 0 saturated carbocycles. The van der Waals surface area contributed by atoms with Gasteiger partial charge < -0.3 is 4.90 Å². The standard InChI is InChI=1S/C20H20ClFN2O3S/c1-13-6-7-15(8-16(13)21)24-19-12-28(26,27)11-18(19)23(10-20(24)25)9-14-4-2-3-5-17(14)22/h2-8,18-19H,9-12H2,1H3. The van der Waals surface area contributed by atoms with Gasteiger partial charge in [-0.15, -0.1) is 0 Å². The van der Waals surface area contributed by atoms with Crippen LogP contribution in [0.25, 0.3) is 0 Å². The second kappa shape index (κ2) is 7.13. The van der Waals surface area contributed by atoms with Gasteiger partial charge in [-0.3, -0.25) is 9.69 Å². The molecule has 28 heavy (non-hydrogen) atoms. The minimum Gasteiger partial charge on any atom is -0.306 e. The second-order valence-corrected chi connectivity index (χ2v) is 9.97. The summed E-state index contributed by atoms with van der Waals surface area (Å²) in [5.41, 5.74) is 1.93. The Kier molecular flexibility index (Phi) is 4.93. The van der Waals surface area contributed by atoms with Crippen molar-refractivity contribution < 1.29 is 17.6 Å². The van der Waals surface area contributed by atoms with Crippen LogP contribution in [0.1, 0.15) is 11.1 Å². The summed E-state index contributed by atoms with van der Waals surface area (Å²) in [5.74, 6) is -0.729. The lowest BCUT2D eigenvalue weighted by Crippen LogP contribution is -2.61. The predicted molar refractivity (Wildman–Crippen MR) is 107 cm³/mol. The van der Waals surface area contributed by atoms with Crippen molar-refractivity contribution in [3.63, 3.8) is 0 Å². The highest BCUT2D eigenvalue weighted by molar-refractivity contribution is 7.91. The molecule has 8 heteroatoms. The molecule has 0 radical (unpaired) electrons. The second-order valence-electron chi connectivity index (χ2n) is 7.41.